The molecule has 0 bridgehead atoms. The largest absolute Gasteiger partial charge is 0.330 e. The molecule has 1 unspecified atom stereocenters. The number of aryl methyl sites for hydroxylation is 4. The van der Waals surface area contributed by atoms with E-state index in [4.69, 9.17) is 0 Å². The van der Waals surface area contributed by atoms with Gasteiger partial charge in [0.25, 0.3) is 0 Å². The quantitative estimate of drug-likeness (QED) is 0.581. The second-order valence-corrected chi connectivity index (χ2v) is 9.28. The van der Waals surface area contributed by atoms with E-state index in [1.807, 2.05) is 33.9 Å². The maximum Gasteiger partial charge on any atom is 0.237 e. The normalized spacial score (nSPS) is 12.1. The number of nitrogens with zero attached hydrogens (tertiary/aromatic N) is 4. The molecule has 0 aliphatic heterocycles. The molecule has 1 aromatic carbocycles. The molecule has 0 fully saturated rings. The van der Waals surface area contributed by atoms with Crippen molar-refractivity contribution >= 4 is 45.5 Å². The molecule has 7 nitrogen and oxygen atoms in total. The van der Waals surface area contributed by atoms with Crippen molar-refractivity contribution in [3.05, 3.63) is 40.7 Å². The minimum atomic E-state index is -0.304. The van der Waals surface area contributed by atoms with E-state index in [0.717, 1.165) is 27.1 Å². The Kier molecular flexibility index (Phi) is 6.04. The summed E-state index contributed by atoms with van der Waals surface area (Å²) < 4.78 is 2.51. The van der Waals surface area contributed by atoms with Gasteiger partial charge < -0.3 is 10.6 Å². The van der Waals surface area contributed by atoms with E-state index in [0.29, 0.717) is 5.13 Å². The average molecular weight is 417 g/mol. The summed E-state index contributed by atoms with van der Waals surface area (Å²) in [6.07, 6.45) is 0. The molecular weight excluding hydrogens is 392 g/mol. The first kappa shape index (κ1) is 20.3. The first-order valence-electron chi connectivity index (χ1n) is 8.90. The molecule has 148 valence electrons. The van der Waals surface area contributed by atoms with Gasteiger partial charge in [-0.2, -0.15) is 5.10 Å². The number of hydrogen-bond donors (Lipinski definition) is 2. The van der Waals surface area contributed by atoms with E-state index >= 15 is 0 Å². The van der Waals surface area contributed by atoms with Gasteiger partial charge in [0, 0.05) is 12.7 Å². The Hall–Kier alpha value is -2.39. The summed E-state index contributed by atoms with van der Waals surface area (Å²) >= 11 is 2.83. The molecular formula is C19H24N6OS2. The molecule has 2 aromatic heterocycles. The van der Waals surface area contributed by atoms with Crippen molar-refractivity contribution in [2.45, 2.75) is 44.2 Å². The van der Waals surface area contributed by atoms with Crippen molar-refractivity contribution in [3.8, 4) is 0 Å². The molecule has 0 spiro atoms. The maximum absolute atomic E-state index is 12.6. The number of aromatic nitrogens is 4. The van der Waals surface area contributed by atoms with Gasteiger partial charge in [-0.15, -0.1) is 10.2 Å². The second-order valence-electron chi connectivity index (χ2n) is 6.72. The van der Waals surface area contributed by atoms with Crippen LogP contribution in [0, 0.1) is 27.7 Å². The standard InChI is InChI=1S/C19H24N6OS2/c1-10-7-8-15(9-11(10)2)20-18-22-23-19(28-18)27-14(5)17(26)21-16-12(3)24-25(6)13(16)4/h7-9,14H,1-6H3,(H,20,22)(H,21,26). The molecule has 2 heterocycles. The first-order valence-corrected chi connectivity index (χ1v) is 10.6. The van der Waals surface area contributed by atoms with Crippen LogP contribution in [-0.2, 0) is 11.8 Å². The van der Waals surface area contributed by atoms with E-state index in [9.17, 15) is 4.79 Å². The predicted molar refractivity (Wildman–Crippen MR) is 116 cm³/mol. The van der Waals surface area contributed by atoms with Crippen molar-refractivity contribution in [2.75, 3.05) is 10.6 Å². The molecule has 3 aromatic rings. The van der Waals surface area contributed by atoms with E-state index < -0.39 is 0 Å². The van der Waals surface area contributed by atoms with Gasteiger partial charge in [0.15, 0.2) is 4.34 Å². The maximum atomic E-state index is 12.6. The lowest BCUT2D eigenvalue weighted by molar-refractivity contribution is -0.115. The van der Waals surface area contributed by atoms with Gasteiger partial charge in [-0.1, -0.05) is 29.2 Å². The number of amides is 1. The van der Waals surface area contributed by atoms with Crippen molar-refractivity contribution in [1.29, 1.82) is 0 Å². The Morgan fingerprint density at radius 1 is 1.18 bits per heavy atom. The summed E-state index contributed by atoms with van der Waals surface area (Å²) in [5.74, 6) is -0.0805. The van der Waals surface area contributed by atoms with E-state index in [-0.39, 0.29) is 11.2 Å². The van der Waals surface area contributed by atoms with Crippen LogP contribution in [-0.4, -0.2) is 31.1 Å². The third kappa shape index (κ3) is 4.53. The number of anilines is 3. The van der Waals surface area contributed by atoms with Crippen LogP contribution < -0.4 is 10.6 Å². The first-order chi connectivity index (χ1) is 13.2. The van der Waals surface area contributed by atoms with E-state index in [2.05, 4.69) is 51.9 Å². The molecule has 3 rings (SSSR count). The van der Waals surface area contributed by atoms with Crippen LogP contribution in [0.1, 0.15) is 29.4 Å². The highest BCUT2D eigenvalue weighted by Gasteiger charge is 2.20. The van der Waals surface area contributed by atoms with Gasteiger partial charge in [0.05, 0.1) is 22.3 Å². The van der Waals surface area contributed by atoms with Gasteiger partial charge in [-0.25, -0.2) is 0 Å². The molecule has 2 N–H and O–H groups in total. The van der Waals surface area contributed by atoms with Crippen LogP contribution in [0.25, 0.3) is 0 Å². The van der Waals surface area contributed by atoms with Gasteiger partial charge in [0.2, 0.25) is 11.0 Å². The summed E-state index contributed by atoms with van der Waals surface area (Å²) in [5.41, 5.74) is 5.95. The van der Waals surface area contributed by atoms with Crippen LogP contribution in [0.3, 0.4) is 0 Å². The van der Waals surface area contributed by atoms with Gasteiger partial charge in [-0.3, -0.25) is 9.48 Å². The summed E-state index contributed by atoms with van der Waals surface area (Å²) in [7, 11) is 1.86. The lowest BCUT2D eigenvalue weighted by Crippen LogP contribution is -2.23. The Morgan fingerprint density at radius 3 is 2.57 bits per heavy atom. The molecule has 0 aliphatic carbocycles. The van der Waals surface area contributed by atoms with Gasteiger partial charge >= 0.3 is 0 Å². The third-order valence-electron chi connectivity index (χ3n) is 4.57. The number of rotatable bonds is 6. The zero-order chi connectivity index (χ0) is 20.4. The summed E-state index contributed by atoms with van der Waals surface area (Å²) in [5, 5.41) is 19.4. The highest BCUT2D eigenvalue weighted by molar-refractivity contribution is 8.02. The Bertz CT molecular complexity index is 1010. The smallest absolute Gasteiger partial charge is 0.237 e. The van der Waals surface area contributed by atoms with Crippen molar-refractivity contribution in [1.82, 2.24) is 20.0 Å². The zero-order valence-electron chi connectivity index (χ0n) is 16.8. The number of thioether (sulfide) groups is 1. The molecule has 9 heteroatoms. The molecule has 0 saturated carbocycles. The minimum absolute atomic E-state index is 0.0805. The predicted octanol–water partition coefficient (Wildman–Crippen LogP) is 4.37. The van der Waals surface area contributed by atoms with E-state index in [1.54, 1.807) is 4.68 Å². The highest BCUT2D eigenvalue weighted by atomic mass is 32.2. The lowest BCUT2D eigenvalue weighted by Gasteiger charge is -2.10. The zero-order valence-corrected chi connectivity index (χ0v) is 18.5. The SMILES string of the molecule is Cc1ccc(Nc2nnc(SC(C)C(=O)Nc3c(C)nn(C)c3C)s2)cc1C. The molecule has 28 heavy (non-hydrogen) atoms. The average Bonchev–Trinajstić information content (AvgIpc) is 3.17. The number of hydrogen-bond acceptors (Lipinski definition) is 7. The Morgan fingerprint density at radius 2 is 1.93 bits per heavy atom. The fourth-order valence-corrected chi connectivity index (χ4v) is 4.55. The molecule has 0 saturated heterocycles. The lowest BCUT2D eigenvalue weighted by atomic mass is 10.1. The summed E-state index contributed by atoms with van der Waals surface area (Å²) in [6, 6.07) is 6.17. The van der Waals surface area contributed by atoms with Gasteiger partial charge in [0.1, 0.15) is 0 Å². The fraction of sp³-hybridized carbons (Fsp3) is 0.368. The number of nitrogens with one attached hydrogen (secondary N) is 2. The van der Waals surface area contributed by atoms with Gasteiger partial charge in [-0.05, 0) is 57.9 Å². The van der Waals surface area contributed by atoms with Crippen LogP contribution >= 0.6 is 23.1 Å². The highest BCUT2D eigenvalue weighted by Crippen LogP contribution is 2.31. The summed E-state index contributed by atoms with van der Waals surface area (Å²) in [6.45, 7) is 9.84. The molecule has 0 aliphatic rings. The second kappa shape index (κ2) is 8.32. The van der Waals surface area contributed by atoms with Crippen LogP contribution in [0.5, 0.6) is 0 Å². The summed E-state index contributed by atoms with van der Waals surface area (Å²) in [4.78, 5) is 12.6. The Labute approximate surface area is 173 Å². The minimum Gasteiger partial charge on any atom is -0.330 e. The topological polar surface area (TPSA) is 84.7 Å². The number of benzene rings is 1. The molecule has 0 radical (unpaired) electrons. The van der Waals surface area contributed by atoms with Crippen LogP contribution in [0.15, 0.2) is 22.5 Å². The molecule has 1 atom stereocenters. The fourth-order valence-electron chi connectivity index (χ4n) is 2.63. The molecule has 1 amide bonds. The Balaban J connectivity index is 1.62. The van der Waals surface area contributed by atoms with Crippen LogP contribution in [0.2, 0.25) is 0 Å². The van der Waals surface area contributed by atoms with Crippen molar-refractivity contribution < 1.29 is 4.79 Å². The monoisotopic (exact) mass is 416 g/mol. The van der Waals surface area contributed by atoms with Crippen molar-refractivity contribution in [3.63, 3.8) is 0 Å². The van der Waals surface area contributed by atoms with Crippen LogP contribution in [0.4, 0.5) is 16.5 Å². The number of carbonyl (C=O) groups is 1. The van der Waals surface area contributed by atoms with E-state index in [1.165, 1.54) is 34.2 Å². The van der Waals surface area contributed by atoms with Crippen molar-refractivity contribution in [2.24, 2.45) is 7.05 Å². The number of carbonyl (C=O) groups excluding carboxylic acids is 1. The third-order valence-corrected chi connectivity index (χ3v) is 6.59.